The van der Waals surface area contributed by atoms with E-state index in [0.29, 0.717) is 18.3 Å². The minimum atomic E-state index is 0.0904. The molecule has 2 saturated carbocycles. The van der Waals surface area contributed by atoms with Crippen LogP contribution in [0.4, 0.5) is 0 Å². The number of nitrogens with zero attached hydrogens (tertiary/aromatic N) is 3. The quantitative estimate of drug-likeness (QED) is 0.384. The zero-order valence-electron chi connectivity index (χ0n) is 11.8. The third kappa shape index (κ3) is 1.53. The van der Waals surface area contributed by atoms with Crippen molar-refractivity contribution in [3.63, 3.8) is 0 Å². The molecule has 0 radical (unpaired) electrons. The number of hydrogen-bond acceptors (Lipinski definition) is 3. The van der Waals surface area contributed by atoms with Crippen molar-refractivity contribution in [2.24, 2.45) is 17.0 Å². The van der Waals surface area contributed by atoms with Crippen molar-refractivity contribution in [3.8, 4) is 0 Å². The molecule has 1 aromatic rings. The Balaban J connectivity index is 2.15. The first kappa shape index (κ1) is 12.5. The molecule has 0 amide bonds. The van der Waals surface area contributed by atoms with E-state index in [1.165, 1.54) is 6.42 Å². The van der Waals surface area contributed by atoms with E-state index in [1.54, 1.807) is 0 Å². The molecule has 104 valence electrons. The molecule has 3 atom stereocenters. The summed E-state index contributed by atoms with van der Waals surface area (Å²) in [6.45, 7) is 5.85. The molecule has 2 bridgehead atoms. The van der Waals surface area contributed by atoms with Crippen LogP contribution in [0.1, 0.15) is 49.4 Å². The molecule has 1 aromatic heterocycles. The fraction of sp³-hybridized carbons (Fsp3) is 0.714. The second-order valence-electron chi connectivity index (χ2n) is 5.84. The van der Waals surface area contributed by atoms with E-state index in [9.17, 15) is 10.4 Å². The third-order valence-electron chi connectivity index (χ3n) is 5.05. The van der Waals surface area contributed by atoms with Crippen molar-refractivity contribution in [2.45, 2.75) is 52.5 Å². The van der Waals surface area contributed by atoms with Gasteiger partial charge in [0.2, 0.25) is 0 Å². The Kier molecular flexibility index (Phi) is 2.80. The largest absolute Gasteiger partial charge is 0.711 e. The van der Waals surface area contributed by atoms with Crippen LogP contribution in [0, 0.1) is 30.9 Å². The van der Waals surface area contributed by atoms with Gasteiger partial charge in [0.25, 0.3) is 5.82 Å². The molecule has 3 unspecified atom stereocenters. The topological polar surface area (TPSA) is 64.5 Å². The fourth-order valence-electron chi connectivity index (χ4n) is 4.03. The molecule has 5 nitrogen and oxygen atoms in total. The third-order valence-corrected chi connectivity index (χ3v) is 5.05. The average molecular weight is 263 g/mol. The van der Waals surface area contributed by atoms with Crippen molar-refractivity contribution >= 4 is 5.71 Å². The normalized spacial score (nSPS) is 31.5. The molecule has 0 saturated heterocycles. The molecule has 0 aliphatic heterocycles. The van der Waals surface area contributed by atoms with Crippen LogP contribution in [0.25, 0.3) is 0 Å². The second kappa shape index (κ2) is 4.25. The summed E-state index contributed by atoms with van der Waals surface area (Å²) in [6.07, 6.45) is 4.10. The lowest BCUT2D eigenvalue weighted by Crippen LogP contribution is -2.35. The van der Waals surface area contributed by atoms with Gasteiger partial charge in [0.1, 0.15) is 23.1 Å². The highest BCUT2D eigenvalue weighted by Crippen LogP contribution is 2.49. The van der Waals surface area contributed by atoms with Gasteiger partial charge in [0, 0.05) is 32.1 Å². The molecular formula is C14H21N3O2. The Morgan fingerprint density at radius 3 is 2.79 bits per heavy atom. The number of imidazole rings is 1. The summed E-state index contributed by atoms with van der Waals surface area (Å²) in [5.41, 5.74) is 2.65. The van der Waals surface area contributed by atoms with Crippen LogP contribution in [0.3, 0.4) is 0 Å². The predicted molar refractivity (Wildman–Crippen MR) is 71.3 cm³/mol. The van der Waals surface area contributed by atoms with Gasteiger partial charge in [-0.3, -0.25) is 0 Å². The SMILES string of the molecule is CCc1n(C2/C(=N/O)C3CCC2C3)c(C)c(C)[n+]1[O-]. The summed E-state index contributed by atoms with van der Waals surface area (Å²) in [6, 6.07) is 0.0904. The van der Waals surface area contributed by atoms with Gasteiger partial charge in [-0.2, -0.15) is 0 Å². The molecule has 5 heteroatoms. The molecule has 19 heavy (non-hydrogen) atoms. The van der Waals surface area contributed by atoms with Gasteiger partial charge in [-0.1, -0.05) is 12.1 Å². The lowest BCUT2D eigenvalue weighted by molar-refractivity contribution is -0.620. The van der Waals surface area contributed by atoms with E-state index in [2.05, 4.69) is 9.72 Å². The van der Waals surface area contributed by atoms with E-state index < -0.39 is 0 Å². The number of aromatic nitrogens is 2. The predicted octanol–water partition coefficient (Wildman–Crippen LogP) is 2.10. The maximum atomic E-state index is 12.2. The molecule has 3 rings (SSSR count). The van der Waals surface area contributed by atoms with E-state index in [0.717, 1.165) is 40.5 Å². The van der Waals surface area contributed by atoms with Crippen LogP contribution in [0.5, 0.6) is 0 Å². The van der Waals surface area contributed by atoms with Gasteiger partial charge >= 0.3 is 0 Å². The number of hydrogen-bond donors (Lipinski definition) is 1. The smallest absolute Gasteiger partial charge is 0.260 e. The van der Waals surface area contributed by atoms with Gasteiger partial charge in [-0.05, 0) is 19.3 Å². The van der Waals surface area contributed by atoms with Crippen molar-refractivity contribution in [1.82, 2.24) is 4.57 Å². The van der Waals surface area contributed by atoms with E-state index in [4.69, 9.17) is 0 Å². The van der Waals surface area contributed by atoms with Crippen molar-refractivity contribution in [3.05, 3.63) is 22.4 Å². The van der Waals surface area contributed by atoms with Crippen LogP contribution in [-0.4, -0.2) is 15.5 Å². The maximum absolute atomic E-state index is 12.2. The van der Waals surface area contributed by atoms with Crippen molar-refractivity contribution in [2.75, 3.05) is 0 Å². The summed E-state index contributed by atoms with van der Waals surface area (Å²) in [4.78, 5) is 0. The standard InChI is InChI=1S/C14H21N3O2/c1-4-12-16(8(2)9(3)17(12)19)14-11-6-5-10(7-11)13(14)15-18/h10-11,14,18H,4-7H2,1-3H3/b15-13+. The Hall–Kier alpha value is -1.52. The summed E-state index contributed by atoms with van der Waals surface area (Å²) < 4.78 is 3.16. The van der Waals surface area contributed by atoms with Crippen LogP contribution in [0.15, 0.2) is 5.16 Å². The molecule has 2 aliphatic carbocycles. The Morgan fingerprint density at radius 1 is 1.42 bits per heavy atom. The number of rotatable bonds is 2. The van der Waals surface area contributed by atoms with Crippen molar-refractivity contribution in [1.29, 1.82) is 0 Å². The number of oxime groups is 1. The Labute approximate surface area is 113 Å². The van der Waals surface area contributed by atoms with Crippen LogP contribution >= 0.6 is 0 Å². The highest BCUT2D eigenvalue weighted by molar-refractivity contribution is 5.93. The van der Waals surface area contributed by atoms with Gasteiger partial charge in [-0.25, -0.2) is 9.30 Å². The van der Waals surface area contributed by atoms with Gasteiger partial charge < -0.3 is 10.4 Å². The van der Waals surface area contributed by atoms with Crippen LogP contribution in [0.2, 0.25) is 0 Å². The minimum absolute atomic E-state index is 0.0904. The summed E-state index contributed by atoms with van der Waals surface area (Å²) >= 11 is 0. The highest BCUT2D eigenvalue weighted by Gasteiger charge is 2.50. The van der Waals surface area contributed by atoms with E-state index >= 15 is 0 Å². The zero-order chi connectivity index (χ0) is 13.7. The molecule has 2 aliphatic rings. The first-order valence-electron chi connectivity index (χ1n) is 7.11. The summed E-state index contributed by atoms with van der Waals surface area (Å²) in [5, 5.41) is 25.1. The summed E-state index contributed by atoms with van der Waals surface area (Å²) in [5.74, 6) is 1.72. The van der Waals surface area contributed by atoms with Crippen molar-refractivity contribution < 1.29 is 9.94 Å². The highest BCUT2D eigenvalue weighted by atomic mass is 16.5. The first-order valence-corrected chi connectivity index (χ1v) is 7.11. The maximum Gasteiger partial charge on any atom is 0.260 e. The molecule has 0 spiro atoms. The molecule has 0 aromatic carbocycles. The van der Waals surface area contributed by atoms with Crippen LogP contribution < -0.4 is 4.73 Å². The monoisotopic (exact) mass is 263 g/mol. The zero-order valence-corrected chi connectivity index (χ0v) is 11.8. The Morgan fingerprint density at radius 2 is 2.16 bits per heavy atom. The average Bonchev–Trinajstić information content (AvgIpc) is 3.06. The molecule has 2 fully saturated rings. The summed E-state index contributed by atoms with van der Waals surface area (Å²) in [7, 11) is 0. The van der Waals surface area contributed by atoms with E-state index in [1.807, 2.05) is 20.8 Å². The Bertz CT molecular complexity index is 547. The van der Waals surface area contributed by atoms with Gasteiger partial charge in [0.05, 0.1) is 0 Å². The molecular weight excluding hydrogens is 242 g/mol. The minimum Gasteiger partial charge on any atom is -0.711 e. The van der Waals surface area contributed by atoms with Gasteiger partial charge in [0.15, 0.2) is 0 Å². The second-order valence-corrected chi connectivity index (χ2v) is 5.84. The van der Waals surface area contributed by atoms with E-state index in [-0.39, 0.29) is 6.04 Å². The molecule has 1 heterocycles. The lowest BCUT2D eigenvalue weighted by atomic mass is 9.92. The lowest BCUT2D eigenvalue weighted by Gasteiger charge is -2.22. The first-order chi connectivity index (χ1) is 9.10. The van der Waals surface area contributed by atoms with Gasteiger partial charge in [-0.15, -0.1) is 0 Å². The molecule has 1 N–H and O–H groups in total. The fourth-order valence-corrected chi connectivity index (χ4v) is 4.03. The number of fused-ring (bicyclic) bond motifs is 2. The van der Waals surface area contributed by atoms with Crippen LogP contribution in [-0.2, 0) is 6.42 Å².